The van der Waals surface area contributed by atoms with E-state index in [1.807, 2.05) is 0 Å². The molecule has 0 unspecified atom stereocenters. The van der Waals surface area contributed by atoms with Gasteiger partial charge in [-0.2, -0.15) is 0 Å². The highest BCUT2D eigenvalue weighted by molar-refractivity contribution is 6.09. The fraction of sp³-hybridized carbons (Fsp3) is 0.0172. The molecule has 0 aliphatic heterocycles. The first-order chi connectivity index (χ1) is 29.3. The van der Waals surface area contributed by atoms with E-state index < -0.39 is 5.41 Å². The molecule has 1 aromatic heterocycles. The van der Waals surface area contributed by atoms with Crippen LogP contribution in [-0.4, -0.2) is 4.98 Å². The maximum absolute atomic E-state index is 5.26. The predicted octanol–water partition coefficient (Wildman–Crippen LogP) is 14.9. The Balaban J connectivity index is 1.04. The van der Waals surface area contributed by atoms with Crippen LogP contribution in [0, 0.1) is 0 Å². The van der Waals surface area contributed by atoms with Gasteiger partial charge in [-0.15, -0.1) is 0 Å². The zero-order valence-corrected chi connectivity index (χ0v) is 32.3. The Kier molecular flexibility index (Phi) is 7.52. The molecular weight excluding hydrogens is 711 g/mol. The molecule has 1 nitrogen and oxygen atoms in total. The molecule has 1 heterocycles. The van der Waals surface area contributed by atoms with E-state index in [1.54, 1.807) is 0 Å². The van der Waals surface area contributed by atoms with Gasteiger partial charge in [-0.3, -0.25) is 0 Å². The number of hydrogen-bond donors (Lipinski definition) is 0. The molecule has 274 valence electrons. The standard InChI is InChI=1S/C58H37N/c1-3-16-38(17-4-1)42-21-15-22-44(34-42)55-37-45(36-54(59-55)41-18-5-2-6-19-41)39-30-32-40(33-31-39)50-35-43-20-7-8-23-46(43)57-56(50)49-26-11-14-29-53(49)58(57)51-27-12-9-24-47(51)48-25-10-13-28-52(48)58/h1-37H. The van der Waals surface area contributed by atoms with Crippen LogP contribution in [0.3, 0.4) is 0 Å². The van der Waals surface area contributed by atoms with Crippen molar-refractivity contribution in [2.45, 2.75) is 5.41 Å². The lowest BCUT2D eigenvalue weighted by Crippen LogP contribution is -2.26. The Morgan fingerprint density at radius 1 is 0.288 bits per heavy atom. The number of hydrogen-bond acceptors (Lipinski definition) is 1. The van der Waals surface area contributed by atoms with Crippen molar-refractivity contribution in [3.05, 3.63) is 247 Å². The van der Waals surface area contributed by atoms with E-state index in [0.717, 1.165) is 33.6 Å². The first-order valence-electron chi connectivity index (χ1n) is 20.5. The van der Waals surface area contributed by atoms with E-state index in [1.165, 1.54) is 77.5 Å². The average molecular weight is 748 g/mol. The Morgan fingerprint density at radius 2 is 0.780 bits per heavy atom. The molecule has 0 saturated heterocycles. The van der Waals surface area contributed by atoms with Crippen LogP contribution in [0.25, 0.3) is 88.9 Å². The maximum Gasteiger partial charge on any atom is 0.0731 e. The van der Waals surface area contributed by atoms with Gasteiger partial charge >= 0.3 is 0 Å². The minimum atomic E-state index is -0.423. The lowest BCUT2D eigenvalue weighted by Gasteiger charge is -2.31. The van der Waals surface area contributed by atoms with Crippen molar-refractivity contribution >= 4 is 10.8 Å². The van der Waals surface area contributed by atoms with Crippen LogP contribution in [0.1, 0.15) is 22.3 Å². The minimum absolute atomic E-state index is 0.423. The van der Waals surface area contributed by atoms with Gasteiger partial charge in [0, 0.05) is 11.1 Å². The van der Waals surface area contributed by atoms with Crippen LogP contribution in [0.5, 0.6) is 0 Å². The number of benzene rings is 9. The zero-order chi connectivity index (χ0) is 38.9. The van der Waals surface area contributed by atoms with Crippen LogP contribution in [0.4, 0.5) is 0 Å². The topological polar surface area (TPSA) is 12.9 Å². The second-order valence-electron chi connectivity index (χ2n) is 15.8. The van der Waals surface area contributed by atoms with Gasteiger partial charge in [0.25, 0.3) is 0 Å². The minimum Gasteiger partial charge on any atom is -0.248 e. The SMILES string of the molecule is c1ccc(-c2cccc(-c3cc(-c4ccc(-c5cc6ccccc6c6c5-c5ccccc5C65c6ccccc6-c6ccccc65)cc4)cc(-c4ccccc4)n3)c2)cc1. The van der Waals surface area contributed by atoms with Gasteiger partial charge in [-0.05, 0) is 113 Å². The van der Waals surface area contributed by atoms with Crippen molar-refractivity contribution in [1.29, 1.82) is 0 Å². The molecule has 59 heavy (non-hydrogen) atoms. The molecule has 2 aliphatic carbocycles. The van der Waals surface area contributed by atoms with Gasteiger partial charge in [0.2, 0.25) is 0 Å². The van der Waals surface area contributed by atoms with E-state index >= 15 is 0 Å². The third kappa shape index (κ3) is 5.08. The van der Waals surface area contributed by atoms with Gasteiger partial charge < -0.3 is 0 Å². The Hall–Kier alpha value is -7.61. The number of pyridine rings is 1. The van der Waals surface area contributed by atoms with Crippen LogP contribution in [0.2, 0.25) is 0 Å². The summed E-state index contributed by atoms with van der Waals surface area (Å²) in [6.45, 7) is 0. The molecule has 1 heteroatoms. The van der Waals surface area contributed by atoms with Crippen molar-refractivity contribution < 1.29 is 0 Å². The summed E-state index contributed by atoms with van der Waals surface area (Å²) in [5.41, 5.74) is 21.6. The van der Waals surface area contributed by atoms with Crippen LogP contribution in [-0.2, 0) is 5.41 Å². The van der Waals surface area contributed by atoms with Gasteiger partial charge in [0.1, 0.15) is 0 Å². The molecule has 0 fully saturated rings. The fourth-order valence-electron chi connectivity index (χ4n) is 10.1. The average Bonchev–Trinajstić information content (AvgIpc) is 3.80. The normalized spacial score (nSPS) is 12.9. The first kappa shape index (κ1) is 33.5. The summed E-state index contributed by atoms with van der Waals surface area (Å²) in [4.78, 5) is 5.26. The summed E-state index contributed by atoms with van der Waals surface area (Å²) in [6, 6.07) is 82.2. The molecule has 0 atom stereocenters. The molecular formula is C58H37N. The second kappa shape index (κ2) is 13.2. The van der Waals surface area contributed by atoms with Gasteiger partial charge in [0.05, 0.1) is 16.8 Å². The van der Waals surface area contributed by atoms with Crippen molar-refractivity contribution in [3.8, 4) is 78.1 Å². The van der Waals surface area contributed by atoms with Gasteiger partial charge in [-0.1, -0.05) is 200 Å². The summed E-state index contributed by atoms with van der Waals surface area (Å²) >= 11 is 0. The maximum atomic E-state index is 5.26. The van der Waals surface area contributed by atoms with Crippen molar-refractivity contribution in [2.75, 3.05) is 0 Å². The summed E-state index contributed by atoms with van der Waals surface area (Å²) in [6.07, 6.45) is 0. The van der Waals surface area contributed by atoms with E-state index in [4.69, 9.17) is 4.98 Å². The highest BCUT2D eigenvalue weighted by Crippen LogP contribution is 2.65. The molecule has 0 radical (unpaired) electrons. The molecule has 2 aliphatic rings. The van der Waals surface area contributed by atoms with Gasteiger partial charge in [-0.25, -0.2) is 4.98 Å². The smallest absolute Gasteiger partial charge is 0.0731 e. The molecule has 0 amide bonds. The predicted molar refractivity (Wildman–Crippen MR) is 245 cm³/mol. The van der Waals surface area contributed by atoms with Gasteiger partial charge in [0.15, 0.2) is 0 Å². The van der Waals surface area contributed by atoms with E-state index in [2.05, 4.69) is 224 Å². The third-order valence-electron chi connectivity index (χ3n) is 12.7. The number of aromatic nitrogens is 1. The zero-order valence-electron chi connectivity index (χ0n) is 32.3. The molecule has 0 saturated carbocycles. The molecule has 0 bridgehead atoms. The Morgan fingerprint density at radius 3 is 1.47 bits per heavy atom. The molecule has 0 N–H and O–H groups in total. The number of fused-ring (bicyclic) bond motifs is 12. The Labute approximate surface area is 344 Å². The second-order valence-corrected chi connectivity index (χ2v) is 15.8. The molecule has 12 rings (SSSR count). The van der Waals surface area contributed by atoms with E-state index in [9.17, 15) is 0 Å². The van der Waals surface area contributed by atoms with Crippen LogP contribution >= 0.6 is 0 Å². The number of nitrogens with zero attached hydrogens (tertiary/aromatic N) is 1. The van der Waals surface area contributed by atoms with Crippen molar-refractivity contribution in [2.24, 2.45) is 0 Å². The summed E-state index contributed by atoms with van der Waals surface area (Å²) in [5.74, 6) is 0. The van der Waals surface area contributed by atoms with Crippen LogP contribution in [0.15, 0.2) is 224 Å². The fourth-order valence-corrected chi connectivity index (χ4v) is 10.1. The summed E-state index contributed by atoms with van der Waals surface area (Å²) in [7, 11) is 0. The number of rotatable bonds is 5. The largest absolute Gasteiger partial charge is 0.248 e. The highest BCUT2D eigenvalue weighted by Gasteiger charge is 2.52. The Bertz CT molecular complexity index is 3200. The monoisotopic (exact) mass is 747 g/mol. The summed E-state index contributed by atoms with van der Waals surface area (Å²) in [5, 5.41) is 2.56. The summed E-state index contributed by atoms with van der Waals surface area (Å²) < 4.78 is 0. The molecule has 10 aromatic rings. The van der Waals surface area contributed by atoms with Crippen molar-refractivity contribution in [3.63, 3.8) is 0 Å². The first-order valence-corrected chi connectivity index (χ1v) is 20.5. The van der Waals surface area contributed by atoms with Crippen LogP contribution < -0.4 is 0 Å². The highest BCUT2D eigenvalue weighted by atomic mass is 14.7. The van der Waals surface area contributed by atoms with E-state index in [-0.39, 0.29) is 0 Å². The van der Waals surface area contributed by atoms with E-state index in [0.29, 0.717) is 0 Å². The van der Waals surface area contributed by atoms with Crippen molar-refractivity contribution in [1.82, 2.24) is 4.98 Å². The third-order valence-corrected chi connectivity index (χ3v) is 12.7. The quantitative estimate of drug-likeness (QED) is 0.171. The lowest BCUT2D eigenvalue weighted by molar-refractivity contribution is 0.801. The molecule has 9 aromatic carbocycles. The molecule has 1 spiro atoms. The lowest BCUT2D eigenvalue weighted by atomic mass is 9.69.